The Hall–Kier alpha value is -0.0400. The van der Waals surface area contributed by atoms with E-state index < -0.39 is 0 Å². The van der Waals surface area contributed by atoms with Crippen molar-refractivity contribution in [3.8, 4) is 0 Å². The Morgan fingerprint density at radius 2 is 1.62 bits per heavy atom. The summed E-state index contributed by atoms with van der Waals surface area (Å²) in [6, 6.07) is 0.543. The van der Waals surface area contributed by atoms with Gasteiger partial charge < -0.3 is 5.73 Å². The van der Waals surface area contributed by atoms with Crippen LogP contribution in [0.5, 0.6) is 0 Å². The molecule has 0 spiro atoms. The Balaban J connectivity index is 1.47. The second kappa shape index (κ2) is 6.05. The molecule has 0 aliphatic heterocycles. The summed E-state index contributed by atoms with van der Waals surface area (Å²) in [4.78, 5) is 0. The first-order valence-electron chi connectivity index (χ1n) is 7.60. The van der Waals surface area contributed by atoms with Gasteiger partial charge in [0.2, 0.25) is 0 Å². The van der Waals surface area contributed by atoms with E-state index in [4.69, 9.17) is 5.73 Å². The van der Waals surface area contributed by atoms with Crippen LogP contribution in [-0.4, -0.2) is 6.04 Å². The average molecular weight is 223 g/mol. The normalized spacial score (nSPS) is 33.8. The average Bonchev–Trinajstić information content (AvgIpc) is 2.77. The molecule has 0 saturated heterocycles. The van der Waals surface area contributed by atoms with Crippen molar-refractivity contribution in [2.45, 2.75) is 77.2 Å². The topological polar surface area (TPSA) is 26.0 Å². The maximum Gasteiger partial charge on any atom is 0.00726 e. The summed E-state index contributed by atoms with van der Waals surface area (Å²) in [5, 5.41) is 0. The van der Waals surface area contributed by atoms with Gasteiger partial charge in [0.15, 0.2) is 0 Å². The smallest absolute Gasteiger partial charge is 0.00726 e. The molecule has 1 nitrogen and oxygen atoms in total. The van der Waals surface area contributed by atoms with Crippen molar-refractivity contribution < 1.29 is 0 Å². The predicted octanol–water partition coefficient (Wildman–Crippen LogP) is 4.11. The lowest BCUT2D eigenvalue weighted by Gasteiger charge is -2.13. The molecule has 3 atom stereocenters. The zero-order valence-corrected chi connectivity index (χ0v) is 11.0. The summed E-state index contributed by atoms with van der Waals surface area (Å²) in [5.41, 5.74) is 6.31. The minimum atomic E-state index is 0.543. The highest BCUT2D eigenvalue weighted by Gasteiger charge is 2.54. The summed E-state index contributed by atoms with van der Waals surface area (Å²) in [6.45, 7) is 2.28. The molecule has 2 rings (SSSR count). The Labute approximate surface area is 101 Å². The third kappa shape index (κ3) is 3.00. The maximum absolute atomic E-state index is 6.31. The van der Waals surface area contributed by atoms with Gasteiger partial charge >= 0.3 is 0 Å². The number of fused-ring (bicyclic) bond motifs is 1. The molecule has 0 amide bonds. The first kappa shape index (κ1) is 12.4. The van der Waals surface area contributed by atoms with Crippen LogP contribution in [0, 0.1) is 17.8 Å². The molecule has 2 saturated carbocycles. The fourth-order valence-electron chi connectivity index (χ4n) is 3.86. The molecule has 94 valence electrons. The van der Waals surface area contributed by atoms with Crippen LogP contribution >= 0.6 is 0 Å². The second-order valence-electron chi connectivity index (χ2n) is 6.06. The van der Waals surface area contributed by atoms with Gasteiger partial charge in [-0.25, -0.2) is 0 Å². The summed E-state index contributed by atoms with van der Waals surface area (Å²) >= 11 is 0. The van der Waals surface area contributed by atoms with E-state index in [-0.39, 0.29) is 0 Å². The minimum Gasteiger partial charge on any atom is -0.327 e. The van der Waals surface area contributed by atoms with Crippen LogP contribution < -0.4 is 5.73 Å². The molecule has 3 unspecified atom stereocenters. The van der Waals surface area contributed by atoms with E-state index in [1.54, 1.807) is 0 Å². The van der Waals surface area contributed by atoms with Crippen molar-refractivity contribution in [3.05, 3.63) is 0 Å². The lowest BCUT2D eigenvalue weighted by molar-refractivity contribution is 0.441. The molecule has 0 radical (unpaired) electrons. The third-order valence-electron chi connectivity index (χ3n) is 4.86. The van der Waals surface area contributed by atoms with Crippen LogP contribution in [0.15, 0.2) is 0 Å². The number of hydrogen-bond donors (Lipinski definition) is 1. The fourth-order valence-corrected chi connectivity index (χ4v) is 3.86. The summed E-state index contributed by atoms with van der Waals surface area (Å²) in [5.74, 6) is 3.04. The molecule has 1 heteroatoms. The van der Waals surface area contributed by atoms with E-state index >= 15 is 0 Å². The molecular weight excluding hydrogens is 194 g/mol. The van der Waals surface area contributed by atoms with Gasteiger partial charge in [0.05, 0.1) is 0 Å². The summed E-state index contributed by atoms with van der Waals surface area (Å²) in [7, 11) is 0. The fraction of sp³-hybridized carbons (Fsp3) is 1.00. The molecule has 0 heterocycles. The Morgan fingerprint density at radius 3 is 2.31 bits per heavy atom. The number of rotatable bonds is 8. The molecule has 2 aliphatic carbocycles. The van der Waals surface area contributed by atoms with Crippen LogP contribution in [0.2, 0.25) is 0 Å². The Kier molecular flexibility index (Phi) is 4.69. The van der Waals surface area contributed by atoms with E-state index in [2.05, 4.69) is 6.92 Å². The minimum absolute atomic E-state index is 0.543. The first-order chi connectivity index (χ1) is 7.84. The van der Waals surface area contributed by atoms with Gasteiger partial charge in [0, 0.05) is 6.04 Å². The van der Waals surface area contributed by atoms with Crippen LogP contribution in [0.3, 0.4) is 0 Å². The van der Waals surface area contributed by atoms with Gasteiger partial charge in [-0.1, -0.05) is 51.9 Å². The van der Waals surface area contributed by atoms with Crippen LogP contribution in [-0.2, 0) is 0 Å². The maximum atomic E-state index is 6.31. The number of unbranched alkanes of at least 4 members (excludes halogenated alkanes) is 5. The van der Waals surface area contributed by atoms with E-state index in [1.165, 1.54) is 64.2 Å². The highest BCUT2D eigenvalue weighted by atomic mass is 14.7. The van der Waals surface area contributed by atoms with Gasteiger partial charge in [-0.2, -0.15) is 0 Å². The first-order valence-corrected chi connectivity index (χ1v) is 7.60. The van der Waals surface area contributed by atoms with Crippen molar-refractivity contribution in [1.82, 2.24) is 0 Å². The Morgan fingerprint density at radius 1 is 1.00 bits per heavy atom. The quantitative estimate of drug-likeness (QED) is 0.616. The van der Waals surface area contributed by atoms with Gasteiger partial charge in [0.25, 0.3) is 0 Å². The summed E-state index contributed by atoms with van der Waals surface area (Å²) in [6.07, 6.45) is 14.2. The highest BCUT2D eigenvalue weighted by molar-refractivity contribution is 5.05. The van der Waals surface area contributed by atoms with Crippen molar-refractivity contribution >= 4 is 0 Å². The molecule has 16 heavy (non-hydrogen) atoms. The second-order valence-corrected chi connectivity index (χ2v) is 6.06. The summed E-state index contributed by atoms with van der Waals surface area (Å²) < 4.78 is 0. The van der Waals surface area contributed by atoms with Crippen LogP contribution in [0.4, 0.5) is 0 Å². The molecule has 0 aromatic carbocycles. The molecular formula is C15H29N. The zero-order valence-electron chi connectivity index (χ0n) is 11.0. The molecule has 2 N–H and O–H groups in total. The molecule has 2 aliphatic rings. The standard InChI is InChI=1S/C15H29N/c1-2-3-4-5-6-7-11-14(16)15-12-9-8-10-13(12)15/h12-15H,2-11,16H2,1H3. The van der Waals surface area contributed by atoms with Crippen LogP contribution in [0.25, 0.3) is 0 Å². The predicted molar refractivity (Wildman–Crippen MR) is 70.3 cm³/mol. The molecule has 2 fully saturated rings. The lowest BCUT2D eigenvalue weighted by Crippen LogP contribution is -2.24. The molecule has 0 aromatic rings. The number of nitrogens with two attached hydrogens (primary N) is 1. The highest BCUT2D eigenvalue weighted by Crippen LogP contribution is 2.59. The molecule has 0 bridgehead atoms. The van der Waals surface area contributed by atoms with E-state index in [0.29, 0.717) is 6.04 Å². The van der Waals surface area contributed by atoms with Crippen molar-refractivity contribution in [2.75, 3.05) is 0 Å². The number of hydrogen-bond acceptors (Lipinski definition) is 1. The van der Waals surface area contributed by atoms with E-state index in [1.807, 2.05) is 0 Å². The monoisotopic (exact) mass is 223 g/mol. The largest absolute Gasteiger partial charge is 0.327 e. The van der Waals surface area contributed by atoms with Gasteiger partial charge in [-0.15, -0.1) is 0 Å². The SMILES string of the molecule is CCCCCCCCC(N)C1C2CCCC21. The van der Waals surface area contributed by atoms with Crippen LogP contribution in [0.1, 0.15) is 71.1 Å². The van der Waals surface area contributed by atoms with Crippen molar-refractivity contribution in [2.24, 2.45) is 23.5 Å². The third-order valence-corrected chi connectivity index (χ3v) is 4.86. The van der Waals surface area contributed by atoms with Crippen molar-refractivity contribution in [3.63, 3.8) is 0 Å². The lowest BCUT2D eigenvalue weighted by atomic mass is 9.99. The van der Waals surface area contributed by atoms with E-state index in [0.717, 1.165) is 17.8 Å². The van der Waals surface area contributed by atoms with Gasteiger partial charge in [-0.05, 0) is 37.0 Å². The molecule has 0 aromatic heterocycles. The zero-order chi connectivity index (χ0) is 11.4. The van der Waals surface area contributed by atoms with Gasteiger partial charge in [-0.3, -0.25) is 0 Å². The van der Waals surface area contributed by atoms with E-state index in [9.17, 15) is 0 Å². The Bertz CT molecular complexity index is 192. The van der Waals surface area contributed by atoms with Crippen molar-refractivity contribution in [1.29, 1.82) is 0 Å². The van der Waals surface area contributed by atoms with Gasteiger partial charge in [0.1, 0.15) is 0 Å².